The van der Waals surface area contributed by atoms with Gasteiger partial charge >= 0.3 is 0 Å². The molecule has 2 N–H and O–H groups in total. The minimum absolute atomic E-state index is 0.225. The molecule has 1 saturated carbocycles. The van der Waals surface area contributed by atoms with Gasteiger partial charge in [0.25, 0.3) is 0 Å². The molecule has 1 rings (SSSR count). The summed E-state index contributed by atoms with van der Waals surface area (Å²) in [4.78, 5) is 0. The Morgan fingerprint density at radius 1 is 0.833 bits per heavy atom. The summed E-state index contributed by atoms with van der Waals surface area (Å²) in [6.45, 7) is 3.54. The van der Waals surface area contributed by atoms with E-state index in [0.717, 1.165) is 13.0 Å². The zero-order chi connectivity index (χ0) is 13.1. The highest BCUT2D eigenvalue weighted by atomic mass is 16.3. The summed E-state index contributed by atoms with van der Waals surface area (Å²) in [5.41, 5.74) is 0.225. The Hall–Kier alpha value is -0.0800. The maximum absolute atomic E-state index is 9.36. The fourth-order valence-electron chi connectivity index (χ4n) is 3.39. The molecule has 0 aromatic rings. The molecule has 0 atom stereocenters. The van der Waals surface area contributed by atoms with E-state index in [1.807, 2.05) is 0 Å². The first-order valence-electron chi connectivity index (χ1n) is 8.19. The Balaban J connectivity index is 2.51. The van der Waals surface area contributed by atoms with Gasteiger partial charge in [-0.3, -0.25) is 0 Å². The Morgan fingerprint density at radius 3 is 1.67 bits per heavy atom. The third kappa shape index (κ3) is 6.19. The van der Waals surface area contributed by atoms with Gasteiger partial charge in [-0.2, -0.15) is 0 Å². The molecule has 0 amide bonds. The van der Waals surface area contributed by atoms with Crippen molar-refractivity contribution in [2.45, 2.75) is 89.5 Å². The van der Waals surface area contributed by atoms with Gasteiger partial charge in [0.05, 0.1) is 0 Å². The molecule has 2 nitrogen and oxygen atoms in total. The monoisotopic (exact) mass is 255 g/mol. The predicted molar refractivity (Wildman–Crippen MR) is 78.9 cm³/mol. The van der Waals surface area contributed by atoms with Crippen LogP contribution in [0, 0.1) is 0 Å². The zero-order valence-corrected chi connectivity index (χ0v) is 12.3. The minimum Gasteiger partial charge on any atom is -0.396 e. The van der Waals surface area contributed by atoms with Crippen molar-refractivity contribution < 1.29 is 5.11 Å². The molecular weight excluding hydrogens is 222 g/mol. The Labute approximate surface area is 114 Å². The molecule has 0 unspecified atom stereocenters. The van der Waals surface area contributed by atoms with E-state index in [2.05, 4.69) is 12.2 Å². The summed E-state index contributed by atoms with van der Waals surface area (Å²) < 4.78 is 0. The summed E-state index contributed by atoms with van der Waals surface area (Å²) in [6, 6.07) is 0. The van der Waals surface area contributed by atoms with Crippen LogP contribution in [0.4, 0.5) is 0 Å². The second-order valence-corrected chi connectivity index (χ2v) is 5.97. The van der Waals surface area contributed by atoms with E-state index in [1.165, 1.54) is 70.6 Å². The smallest absolute Gasteiger partial charge is 0.0448 e. The van der Waals surface area contributed by atoms with Crippen LogP contribution in [0.2, 0.25) is 0 Å². The van der Waals surface area contributed by atoms with Crippen LogP contribution in [-0.2, 0) is 0 Å². The number of hydrogen-bond donors (Lipinski definition) is 2. The molecule has 1 fully saturated rings. The van der Waals surface area contributed by atoms with Crippen LogP contribution >= 0.6 is 0 Å². The Morgan fingerprint density at radius 2 is 1.28 bits per heavy atom. The zero-order valence-electron chi connectivity index (χ0n) is 12.3. The third-order valence-corrected chi connectivity index (χ3v) is 4.45. The fourth-order valence-corrected chi connectivity index (χ4v) is 3.39. The Kier molecular flexibility index (Phi) is 8.70. The highest BCUT2D eigenvalue weighted by Gasteiger charge is 2.27. The standard InChI is InChI=1S/C16H33NO/c1-2-17-16(14-15-18)12-10-8-6-4-3-5-7-9-11-13-16/h17-18H,2-15H2,1H3. The summed E-state index contributed by atoms with van der Waals surface area (Å²) in [5, 5.41) is 13.0. The molecule has 2 heteroatoms. The van der Waals surface area contributed by atoms with Crippen molar-refractivity contribution in [3.05, 3.63) is 0 Å². The van der Waals surface area contributed by atoms with Gasteiger partial charge in [-0.15, -0.1) is 0 Å². The molecular formula is C16H33NO. The predicted octanol–water partition coefficient (Wildman–Crippen LogP) is 4.02. The van der Waals surface area contributed by atoms with Gasteiger partial charge in [0.15, 0.2) is 0 Å². The van der Waals surface area contributed by atoms with Crippen LogP contribution in [0.25, 0.3) is 0 Å². The van der Waals surface area contributed by atoms with E-state index in [9.17, 15) is 5.11 Å². The SMILES string of the molecule is CCNC1(CCO)CCCCCCCCCCC1. The lowest BCUT2D eigenvalue weighted by molar-refractivity contribution is 0.183. The number of rotatable bonds is 4. The lowest BCUT2D eigenvalue weighted by Crippen LogP contribution is -2.46. The fraction of sp³-hybridized carbons (Fsp3) is 1.00. The largest absolute Gasteiger partial charge is 0.396 e. The van der Waals surface area contributed by atoms with Crippen LogP contribution in [0.5, 0.6) is 0 Å². The van der Waals surface area contributed by atoms with E-state index in [4.69, 9.17) is 0 Å². The summed E-state index contributed by atoms with van der Waals surface area (Å²) in [6.07, 6.45) is 15.9. The highest BCUT2D eigenvalue weighted by Crippen LogP contribution is 2.27. The van der Waals surface area contributed by atoms with Crippen molar-refractivity contribution in [2.75, 3.05) is 13.2 Å². The van der Waals surface area contributed by atoms with E-state index in [-0.39, 0.29) is 5.54 Å². The lowest BCUT2D eigenvalue weighted by atomic mass is 9.83. The van der Waals surface area contributed by atoms with E-state index in [0.29, 0.717) is 6.61 Å². The molecule has 0 saturated heterocycles. The van der Waals surface area contributed by atoms with Gasteiger partial charge in [0, 0.05) is 12.1 Å². The van der Waals surface area contributed by atoms with Crippen LogP contribution in [0.15, 0.2) is 0 Å². The van der Waals surface area contributed by atoms with Gasteiger partial charge in [-0.05, 0) is 25.8 Å². The second-order valence-electron chi connectivity index (χ2n) is 5.97. The quantitative estimate of drug-likeness (QED) is 0.795. The van der Waals surface area contributed by atoms with Gasteiger partial charge in [0.1, 0.15) is 0 Å². The summed E-state index contributed by atoms with van der Waals surface area (Å²) >= 11 is 0. The number of hydrogen-bond acceptors (Lipinski definition) is 2. The van der Waals surface area contributed by atoms with Crippen LogP contribution < -0.4 is 5.32 Å². The summed E-state index contributed by atoms with van der Waals surface area (Å²) in [5.74, 6) is 0. The van der Waals surface area contributed by atoms with Crippen LogP contribution in [0.3, 0.4) is 0 Å². The van der Waals surface area contributed by atoms with Crippen molar-refractivity contribution >= 4 is 0 Å². The van der Waals surface area contributed by atoms with Crippen molar-refractivity contribution in [3.63, 3.8) is 0 Å². The topological polar surface area (TPSA) is 32.3 Å². The molecule has 1 aliphatic carbocycles. The summed E-state index contributed by atoms with van der Waals surface area (Å²) in [7, 11) is 0. The minimum atomic E-state index is 0.225. The third-order valence-electron chi connectivity index (χ3n) is 4.45. The molecule has 0 heterocycles. The molecule has 0 bridgehead atoms. The van der Waals surface area contributed by atoms with Gasteiger partial charge < -0.3 is 10.4 Å². The van der Waals surface area contributed by atoms with Gasteiger partial charge in [0.2, 0.25) is 0 Å². The maximum atomic E-state index is 9.36. The lowest BCUT2D eigenvalue weighted by Gasteiger charge is -2.35. The first kappa shape index (κ1) is 16.0. The average Bonchev–Trinajstić information content (AvgIpc) is 2.34. The number of nitrogens with one attached hydrogen (secondary N) is 1. The van der Waals surface area contributed by atoms with Crippen LogP contribution in [-0.4, -0.2) is 23.8 Å². The van der Waals surface area contributed by atoms with E-state index >= 15 is 0 Å². The molecule has 0 aromatic carbocycles. The first-order valence-corrected chi connectivity index (χ1v) is 8.19. The first-order chi connectivity index (χ1) is 8.83. The molecule has 0 radical (unpaired) electrons. The average molecular weight is 255 g/mol. The Bertz CT molecular complexity index is 174. The van der Waals surface area contributed by atoms with Crippen molar-refractivity contribution in [2.24, 2.45) is 0 Å². The number of aliphatic hydroxyl groups is 1. The van der Waals surface area contributed by atoms with Crippen molar-refractivity contribution in [3.8, 4) is 0 Å². The molecule has 1 aliphatic rings. The second kappa shape index (κ2) is 9.80. The molecule has 0 aromatic heterocycles. The molecule has 0 aliphatic heterocycles. The molecule has 108 valence electrons. The highest BCUT2D eigenvalue weighted by molar-refractivity contribution is 4.87. The number of aliphatic hydroxyl groups excluding tert-OH is 1. The maximum Gasteiger partial charge on any atom is 0.0448 e. The van der Waals surface area contributed by atoms with E-state index < -0.39 is 0 Å². The molecule has 18 heavy (non-hydrogen) atoms. The van der Waals surface area contributed by atoms with Gasteiger partial charge in [-0.1, -0.05) is 64.7 Å². The molecule has 0 spiro atoms. The van der Waals surface area contributed by atoms with Gasteiger partial charge in [-0.25, -0.2) is 0 Å². The van der Waals surface area contributed by atoms with Crippen LogP contribution in [0.1, 0.15) is 84.0 Å². The van der Waals surface area contributed by atoms with E-state index in [1.54, 1.807) is 0 Å². The van der Waals surface area contributed by atoms with Crippen molar-refractivity contribution in [1.82, 2.24) is 5.32 Å². The normalized spacial score (nSPS) is 23.0. The van der Waals surface area contributed by atoms with Crippen molar-refractivity contribution in [1.29, 1.82) is 0 Å².